The van der Waals surface area contributed by atoms with Crippen molar-refractivity contribution in [3.05, 3.63) is 0 Å². The van der Waals surface area contributed by atoms with Crippen LogP contribution in [0.4, 0.5) is 0 Å². The molecule has 9 heavy (non-hydrogen) atoms. The van der Waals surface area contributed by atoms with Crippen molar-refractivity contribution in [2.24, 2.45) is 0 Å². The van der Waals surface area contributed by atoms with Crippen LogP contribution in [0.25, 0.3) is 0 Å². The molecule has 0 aromatic carbocycles. The van der Waals surface area contributed by atoms with E-state index in [-0.39, 0.29) is 0 Å². The van der Waals surface area contributed by atoms with Gasteiger partial charge in [-0.15, -0.1) is 0 Å². The number of nitrogens with zero attached hydrogens (tertiary/aromatic N) is 1. The molecule has 58 valence electrons. The highest BCUT2D eigenvalue weighted by Gasteiger charge is 1.70. The second kappa shape index (κ2) is 11.0. The minimum atomic E-state index is 0.432. The van der Waals surface area contributed by atoms with Gasteiger partial charge in [-0.2, -0.15) is 0 Å². The second-order valence-corrected chi connectivity index (χ2v) is 5.40. The van der Waals surface area contributed by atoms with Crippen LogP contribution in [0.2, 0.25) is 12.1 Å². The van der Waals surface area contributed by atoms with E-state index in [1.165, 1.54) is 12.1 Å². The molecule has 0 saturated heterocycles. The van der Waals surface area contributed by atoms with Crippen LogP contribution in [-0.4, -0.2) is 35.6 Å². The van der Waals surface area contributed by atoms with Crippen molar-refractivity contribution in [1.29, 1.82) is 0 Å². The Morgan fingerprint density at radius 1 is 1.00 bits per heavy atom. The Morgan fingerprint density at radius 3 is 1.22 bits per heavy atom. The van der Waals surface area contributed by atoms with E-state index < -0.39 is 0 Å². The van der Waals surface area contributed by atoms with E-state index in [9.17, 15) is 0 Å². The van der Waals surface area contributed by atoms with Crippen LogP contribution in [-0.2, 0) is 0 Å². The number of rotatable bonds is 2. The SMILES string of the molecule is CC[SiH2]CC.CN(C)C. The summed E-state index contributed by atoms with van der Waals surface area (Å²) in [4.78, 5) is 2.00. The summed E-state index contributed by atoms with van der Waals surface area (Å²) in [6.07, 6.45) is 0. The molecule has 0 aliphatic heterocycles. The lowest BCUT2D eigenvalue weighted by atomic mass is 11.0. The van der Waals surface area contributed by atoms with E-state index in [0.29, 0.717) is 9.52 Å². The average molecular weight is 147 g/mol. The molecular formula is C7H21NSi. The lowest BCUT2D eigenvalue weighted by Gasteiger charge is -1.90. The van der Waals surface area contributed by atoms with Gasteiger partial charge in [0.05, 0.1) is 0 Å². The van der Waals surface area contributed by atoms with Gasteiger partial charge in [-0.3, -0.25) is 0 Å². The van der Waals surface area contributed by atoms with E-state index >= 15 is 0 Å². The van der Waals surface area contributed by atoms with Crippen LogP contribution < -0.4 is 0 Å². The highest BCUT2D eigenvalue weighted by atomic mass is 28.2. The molecule has 1 nitrogen and oxygen atoms in total. The molecule has 0 saturated carbocycles. The van der Waals surface area contributed by atoms with Crippen LogP contribution in [0.3, 0.4) is 0 Å². The molecule has 0 heterocycles. The maximum atomic E-state index is 2.27. The summed E-state index contributed by atoms with van der Waals surface area (Å²) >= 11 is 0. The highest BCUT2D eigenvalue weighted by Crippen LogP contribution is 1.77. The molecule has 0 rings (SSSR count). The molecule has 0 aliphatic rings. The number of hydrogen-bond donors (Lipinski definition) is 0. The first-order valence-corrected chi connectivity index (χ1v) is 5.76. The van der Waals surface area contributed by atoms with Crippen molar-refractivity contribution in [3.8, 4) is 0 Å². The Hall–Kier alpha value is 0.177. The van der Waals surface area contributed by atoms with E-state index in [1.807, 2.05) is 26.0 Å². The fraction of sp³-hybridized carbons (Fsp3) is 1.00. The first-order valence-electron chi connectivity index (χ1n) is 3.76. The van der Waals surface area contributed by atoms with Crippen molar-refractivity contribution in [1.82, 2.24) is 4.90 Å². The summed E-state index contributed by atoms with van der Waals surface area (Å²) < 4.78 is 0. The molecule has 0 aromatic rings. The fourth-order valence-corrected chi connectivity index (χ4v) is 1.06. The predicted octanol–water partition coefficient (Wildman–Crippen LogP) is 1.21. The van der Waals surface area contributed by atoms with Gasteiger partial charge in [-0.05, 0) is 21.1 Å². The first-order chi connectivity index (χ1) is 4.15. The Morgan fingerprint density at radius 2 is 1.22 bits per heavy atom. The average Bonchev–Trinajstić information content (AvgIpc) is 1.66. The molecule has 0 fully saturated rings. The second-order valence-electron chi connectivity index (χ2n) is 2.70. The fourth-order valence-electron chi connectivity index (χ4n) is 0.354. The summed E-state index contributed by atoms with van der Waals surface area (Å²) in [5.74, 6) is 0. The van der Waals surface area contributed by atoms with Gasteiger partial charge in [-0.1, -0.05) is 25.9 Å². The normalized spacial score (nSPS) is 8.67. The zero-order valence-corrected chi connectivity index (χ0v) is 8.98. The molecule has 0 unspecified atom stereocenters. The van der Waals surface area contributed by atoms with Crippen molar-refractivity contribution in [3.63, 3.8) is 0 Å². The van der Waals surface area contributed by atoms with Gasteiger partial charge in [0.1, 0.15) is 0 Å². The quantitative estimate of drug-likeness (QED) is 0.531. The summed E-state index contributed by atoms with van der Waals surface area (Å²) in [6, 6.07) is 2.97. The molecule has 0 atom stereocenters. The van der Waals surface area contributed by atoms with Crippen molar-refractivity contribution in [2.75, 3.05) is 21.1 Å². The molecule has 0 amide bonds. The molecule has 0 bridgehead atoms. The predicted molar refractivity (Wildman–Crippen MR) is 49.1 cm³/mol. The van der Waals surface area contributed by atoms with Crippen LogP contribution >= 0.6 is 0 Å². The molecular weight excluding hydrogens is 126 g/mol. The Kier molecular flexibility index (Phi) is 14.6. The lowest BCUT2D eigenvalue weighted by Crippen LogP contribution is -1.99. The zero-order valence-electron chi connectivity index (χ0n) is 7.57. The lowest BCUT2D eigenvalue weighted by molar-refractivity contribution is 0.505. The third-order valence-electron chi connectivity index (χ3n) is 0.707. The molecule has 0 aliphatic carbocycles. The molecule has 0 aromatic heterocycles. The van der Waals surface area contributed by atoms with Gasteiger partial charge < -0.3 is 4.90 Å². The van der Waals surface area contributed by atoms with Gasteiger partial charge in [0.15, 0.2) is 0 Å². The topological polar surface area (TPSA) is 3.24 Å². The third-order valence-corrected chi connectivity index (χ3v) is 2.12. The van der Waals surface area contributed by atoms with Crippen molar-refractivity contribution < 1.29 is 0 Å². The maximum absolute atomic E-state index is 2.27. The summed E-state index contributed by atoms with van der Waals surface area (Å²) in [6.45, 7) is 4.55. The Labute approximate surface area is 62.3 Å². The van der Waals surface area contributed by atoms with Gasteiger partial charge >= 0.3 is 0 Å². The van der Waals surface area contributed by atoms with E-state index in [1.54, 1.807) is 0 Å². The van der Waals surface area contributed by atoms with Crippen LogP contribution in [0, 0.1) is 0 Å². The Bertz CT molecular complexity index is 33.1. The third kappa shape index (κ3) is 65.8. The summed E-state index contributed by atoms with van der Waals surface area (Å²) in [5.41, 5.74) is 0. The minimum absolute atomic E-state index is 0.432. The molecule has 0 radical (unpaired) electrons. The molecule has 2 heteroatoms. The van der Waals surface area contributed by atoms with Gasteiger partial charge in [0.2, 0.25) is 0 Å². The van der Waals surface area contributed by atoms with Crippen molar-refractivity contribution >= 4 is 9.52 Å². The van der Waals surface area contributed by atoms with Crippen LogP contribution in [0.5, 0.6) is 0 Å². The highest BCUT2D eigenvalue weighted by molar-refractivity contribution is 6.34. The molecule has 0 spiro atoms. The van der Waals surface area contributed by atoms with Gasteiger partial charge in [0, 0.05) is 9.52 Å². The first kappa shape index (κ1) is 11.9. The van der Waals surface area contributed by atoms with Crippen LogP contribution in [0.1, 0.15) is 13.8 Å². The van der Waals surface area contributed by atoms with E-state index in [2.05, 4.69) is 13.8 Å². The van der Waals surface area contributed by atoms with Crippen LogP contribution in [0.15, 0.2) is 0 Å². The van der Waals surface area contributed by atoms with Crippen molar-refractivity contribution in [2.45, 2.75) is 25.9 Å². The maximum Gasteiger partial charge on any atom is 0.0192 e. The standard InChI is InChI=1S/C4H12Si.C3H9N/c1-3-5-4-2;1-4(2)3/h3-5H2,1-2H3;1-3H3. The van der Waals surface area contributed by atoms with Gasteiger partial charge in [0.25, 0.3) is 0 Å². The molecule has 0 N–H and O–H groups in total. The summed E-state index contributed by atoms with van der Waals surface area (Å²) in [5, 5.41) is 0. The Balaban J connectivity index is 0. The van der Waals surface area contributed by atoms with Gasteiger partial charge in [-0.25, -0.2) is 0 Å². The largest absolute Gasteiger partial charge is 0.312 e. The van der Waals surface area contributed by atoms with E-state index in [0.717, 1.165) is 0 Å². The monoisotopic (exact) mass is 147 g/mol. The minimum Gasteiger partial charge on any atom is -0.312 e. The zero-order chi connectivity index (χ0) is 7.70. The summed E-state index contributed by atoms with van der Waals surface area (Å²) in [7, 11) is 6.43. The smallest absolute Gasteiger partial charge is 0.0192 e. The van der Waals surface area contributed by atoms with E-state index in [4.69, 9.17) is 0 Å². The number of hydrogen-bond acceptors (Lipinski definition) is 1.